The second kappa shape index (κ2) is 8.84. The Labute approximate surface area is 172 Å². The first-order chi connectivity index (χ1) is 13.2. The maximum absolute atomic E-state index is 12.5. The number of benzene rings is 2. The maximum Gasteiger partial charge on any atom is 0.228 e. The van der Waals surface area contributed by atoms with Crippen LogP contribution in [0.4, 0.5) is 5.69 Å². The molecule has 1 saturated carbocycles. The van der Waals surface area contributed by atoms with Crippen LogP contribution in [-0.4, -0.2) is 25.6 Å². The second-order valence-electron chi connectivity index (χ2n) is 7.39. The average Bonchev–Trinajstić information content (AvgIpc) is 3.39. The lowest BCUT2D eigenvalue weighted by molar-refractivity contribution is -0.118. The predicted molar refractivity (Wildman–Crippen MR) is 113 cm³/mol. The van der Waals surface area contributed by atoms with E-state index in [2.05, 4.69) is 10.6 Å². The Bertz CT molecular complexity index is 786. The van der Waals surface area contributed by atoms with Crippen molar-refractivity contribution in [3.05, 3.63) is 48.5 Å². The summed E-state index contributed by atoms with van der Waals surface area (Å²) in [6, 6.07) is 15.1. The molecule has 4 rings (SSSR count). The zero-order valence-corrected chi connectivity index (χ0v) is 16.9. The van der Waals surface area contributed by atoms with E-state index in [1.807, 2.05) is 55.5 Å². The molecule has 2 aliphatic rings. The molecule has 1 amide bonds. The molecule has 1 heterocycles. The zero-order chi connectivity index (χ0) is 18.7. The van der Waals surface area contributed by atoms with Crippen LogP contribution >= 0.6 is 12.4 Å². The molecule has 1 unspecified atom stereocenters. The number of hydrogen-bond donors (Lipinski definition) is 2. The van der Waals surface area contributed by atoms with Crippen molar-refractivity contribution in [2.45, 2.75) is 26.2 Å². The van der Waals surface area contributed by atoms with Crippen LogP contribution in [0.25, 0.3) is 0 Å². The first-order valence-corrected chi connectivity index (χ1v) is 9.71. The minimum atomic E-state index is 0. The van der Waals surface area contributed by atoms with Crippen LogP contribution in [-0.2, 0) is 4.79 Å². The largest absolute Gasteiger partial charge is 0.494 e. The third-order valence-electron chi connectivity index (χ3n) is 5.60. The molecule has 5 nitrogen and oxygen atoms in total. The molecule has 1 spiro atoms. The summed E-state index contributed by atoms with van der Waals surface area (Å²) in [6.07, 6.45) is 3.25. The van der Waals surface area contributed by atoms with Gasteiger partial charge in [0, 0.05) is 11.6 Å². The van der Waals surface area contributed by atoms with E-state index in [0.717, 1.165) is 55.3 Å². The van der Waals surface area contributed by atoms with Gasteiger partial charge in [0.1, 0.15) is 17.2 Å². The predicted octanol–water partition coefficient (Wildman–Crippen LogP) is 4.63. The highest BCUT2D eigenvalue weighted by atomic mass is 35.5. The Hall–Kier alpha value is -2.24. The fourth-order valence-corrected chi connectivity index (χ4v) is 3.94. The third-order valence-corrected chi connectivity index (χ3v) is 5.60. The number of anilines is 1. The molecule has 28 heavy (non-hydrogen) atoms. The molecule has 6 heteroatoms. The lowest BCUT2D eigenvalue weighted by Gasteiger charge is -2.23. The van der Waals surface area contributed by atoms with E-state index in [4.69, 9.17) is 9.47 Å². The molecule has 2 aromatic rings. The van der Waals surface area contributed by atoms with E-state index in [-0.39, 0.29) is 29.6 Å². The Kier molecular flexibility index (Phi) is 6.47. The number of carbonyl (C=O) groups is 1. The van der Waals surface area contributed by atoms with Crippen molar-refractivity contribution in [3.63, 3.8) is 0 Å². The smallest absolute Gasteiger partial charge is 0.228 e. The molecular formula is C22H27ClN2O3. The number of halogens is 1. The summed E-state index contributed by atoms with van der Waals surface area (Å²) in [7, 11) is 0. The van der Waals surface area contributed by atoms with Crippen LogP contribution in [0.1, 0.15) is 26.2 Å². The van der Waals surface area contributed by atoms with Crippen LogP contribution in [0.5, 0.6) is 17.2 Å². The Morgan fingerprint density at radius 2 is 1.61 bits per heavy atom. The van der Waals surface area contributed by atoms with E-state index < -0.39 is 0 Å². The molecule has 2 N–H and O–H groups in total. The van der Waals surface area contributed by atoms with Gasteiger partial charge in [-0.05, 0) is 93.2 Å². The fourth-order valence-electron chi connectivity index (χ4n) is 3.94. The van der Waals surface area contributed by atoms with E-state index in [0.29, 0.717) is 6.61 Å². The highest BCUT2D eigenvalue weighted by Gasteiger charge is 2.57. The molecule has 2 fully saturated rings. The minimum absolute atomic E-state index is 0. The van der Waals surface area contributed by atoms with Crippen LogP contribution in [0.15, 0.2) is 48.5 Å². The summed E-state index contributed by atoms with van der Waals surface area (Å²) in [5, 5.41) is 6.43. The Balaban J connectivity index is 0.00000225. The number of hydrogen-bond acceptors (Lipinski definition) is 4. The minimum Gasteiger partial charge on any atom is -0.494 e. The van der Waals surface area contributed by atoms with Crippen LogP contribution < -0.4 is 20.1 Å². The number of piperidine rings is 1. The van der Waals surface area contributed by atoms with Crippen molar-refractivity contribution in [1.29, 1.82) is 0 Å². The maximum atomic E-state index is 12.5. The molecule has 2 aromatic carbocycles. The van der Waals surface area contributed by atoms with Crippen molar-refractivity contribution >= 4 is 24.0 Å². The topological polar surface area (TPSA) is 59.6 Å². The van der Waals surface area contributed by atoms with Gasteiger partial charge in [-0.1, -0.05) is 0 Å². The van der Waals surface area contributed by atoms with Gasteiger partial charge in [0.2, 0.25) is 5.91 Å². The monoisotopic (exact) mass is 402 g/mol. The number of carbonyl (C=O) groups excluding carboxylic acids is 1. The molecule has 1 aliphatic carbocycles. The summed E-state index contributed by atoms with van der Waals surface area (Å²) in [5.74, 6) is 2.63. The van der Waals surface area contributed by atoms with Gasteiger partial charge in [0.15, 0.2) is 0 Å². The average molecular weight is 403 g/mol. The molecule has 0 aromatic heterocycles. The van der Waals surface area contributed by atoms with Crippen molar-refractivity contribution in [1.82, 2.24) is 5.32 Å². The molecular weight excluding hydrogens is 376 g/mol. The van der Waals surface area contributed by atoms with Gasteiger partial charge in [-0.3, -0.25) is 4.79 Å². The lowest BCUT2D eigenvalue weighted by Crippen LogP contribution is -2.31. The van der Waals surface area contributed by atoms with E-state index >= 15 is 0 Å². The van der Waals surface area contributed by atoms with E-state index in [9.17, 15) is 4.79 Å². The highest BCUT2D eigenvalue weighted by Crippen LogP contribution is 2.58. The van der Waals surface area contributed by atoms with Gasteiger partial charge >= 0.3 is 0 Å². The first-order valence-electron chi connectivity index (χ1n) is 9.71. The van der Waals surface area contributed by atoms with Gasteiger partial charge in [0.05, 0.1) is 6.61 Å². The Morgan fingerprint density at radius 1 is 1.04 bits per heavy atom. The van der Waals surface area contributed by atoms with Crippen LogP contribution in [0, 0.1) is 11.3 Å². The molecule has 0 radical (unpaired) electrons. The summed E-state index contributed by atoms with van der Waals surface area (Å²) in [6.45, 7) is 4.66. The van der Waals surface area contributed by atoms with Gasteiger partial charge in [0.25, 0.3) is 0 Å². The fraction of sp³-hybridized carbons (Fsp3) is 0.409. The summed E-state index contributed by atoms with van der Waals surface area (Å²) in [5.41, 5.74) is 1.07. The van der Waals surface area contributed by atoms with Crippen LogP contribution in [0.2, 0.25) is 0 Å². The van der Waals surface area contributed by atoms with E-state index in [1.54, 1.807) is 0 Å². The number of amides is 1. The zero-order valence-electron chi connectivity index (χ0n) is 16.1. The summed E-state index contributed by atoms with van der Waals surface area (Å²) >= 11 is 0. The first kappa shape index (κ1) is 20.5. The van der Waals surface area contributed by atoms with Gasteiger partial charge < -0.3 is 20.1 Å². The van der Waals surface area contributed by atoms with E-state index in [1.165, 1.54) is 0 Å². The quantitative estimate of drug-likeness (QED) is 0.739. The molecule has 150 valence electrons. The number of ether oxygens (including phenoxy) is 2. The van der Waals surface area contributed by atoms with Crippen molar-refractivity contribution in [2.24, 2.45) is 11.3 Å². The molecule has 0 bridgehead atoms. The molecule has 1 aliphatic heterocycles. The number of nitrogens with one attached hydrogen (secondary N) is 2. The molecule has 1 saturated heterocycles. The number of rotatable bonds is 6. The summed E-state index contributed by atoms with van der Waals surface area (Å²) in [4.78, 5) is 12.5. The lowest BCUT2D eigenvalue weighted by atomic mass is 9.92. The highest BCUT2D eigenvalue weighted by molar-refractivity contribution is 5.95. The van der Waals surface area contributed by atoms with Gasteiger partial charge in [-0.2, -0.15) is 0 Å². The normalized spacial score (nSPS) is 19.4. The Morgan fingerprint density at radius 3 is 2.21 bits per heavy atom. The van der Waals surface area contributed by atoms with Crippen molar-refractivity contribution < 1.29 is 14.3 Å². The van der Waals surface area contributed by atoms with Gasteiger partial charge in [-0.25, -0.2) is 0 Å². The SMILES string of the molecule is CCOc1ccc(Oc2ccc(NC(=O)C3CC34CCNCC4)cc2)cc1.Cl. The van der Waals surface area contributed by atoms with Crippen LogP contribution in [0.3, 0.4) is 0 Å². The third kappa shape index (κ3) is 4.59. The van der Waals surface area contributed by atoms with Crippen molar-refractivity contribution in [2.75, 3.05) is 25.0 Å². The van der Waals surface area contributed by atoms with Crippen molar-refractivity contribution in [3.8, 4) is 17.2 Å². The second-order valence-corrected chi connectivity index (χ2v) is 7.39. The summed E-state index contributed by atoms with van der Waals surface area (Å²) < 4.78 is 11.3. The standard InChI is InChI=1S/C22H26N2O3.ClH/c1-2-26-17-7-9-19(10-8-17)27-18-5-3-16(4-6-18)24-21(25)20-15-22(20)11-13-23-14-12-22;/h3-10,20,23H,2,11-15H2,1H3,(H,24,25);1H. The molecule has 1 atom stereocenters. The van der Waals surface area contributed by atoms with Gasteiger partial charge in [-0.15, -0.1) is 12.4 Å².